The Morgan fingerprint density at radius 3 is 1.94 bits per heavy atom. The van der Waals surface area contributed by atoms with Gasteiger partial charge in [-0.25, -0.2) is 13.1 Å². The standard InChI is InChI=1S/C28H33N3O4S/c1-2-17-29-36(33,34)26-15-13-25(14-16-26)35-22-27(32)30-18-20-31(21-19-30)28(23-9-5-3-6-10-23)24-11-7-4-8-12-24/h3-16,28-29H,2,17-22H2,1H3. The summed E-state index contributed by atoms with van der Waals surface area (Å²) < 4.78 is 32.6. The molecule has 1 aliphatic rings. The molecule has 0 aliphatic carbocycles. The molecule has 1 aliphatic heterocycles. The molecule has 0 bridgehead atoms. The molecule has 0 radical (unpaired) electrons. The van der Waals surface area contributed by atoms with Gasteiger partial charge in [0, 0.05) is 32.7 Å². The van der Waals surface area contributed by atoms with E-state index >= 15 is 0 Å². The summed E-state index contributed by atoms with van der Waals surface area (Å²) in [4.78, 5) is 17.2. The van der Waals surface area contributed by atoms with Crippen molar-refractivity contribution in [2.24, 2.45) is 0 Å². The number of piperazine rings is 1. The summed E-state index contributed by atoms with van der Waals surface area (Å²) in [6.45, 7) is 4.98. The van der Waals surface area contributed by atoms with E-state index in [9.17, 15) is 13.2 Å². The van der Waals surface area contributed by atoms with Crippen LogP contribution in [0, 0.1) is 0 Å². The van der Waals surface area contributed by atoms with Crippen LogP contribution in [-0.4, -0.2) is 63.5 Å². The smallest absolute Gasteiger partial charge is 0.260 e. The third-order valence-electron chi connectivity index (χ3n) is 6.30. The molecule has 1 fully saturated rings. The van der Waals surface area contributed by atoms with Crippen LogP contribution in [0.25, 0.3) is 0 Å². The highest BCUT2D eigenvalue weighted by Crippen LogP contribution is 2.29. The van der Waals surface area contributed by atoms with Gasteiger partial charge in [0.1, 0.15) is 5.75 Å². The van der Waals surface area contributed by atoms with Gasteiger partial charge < -0.3 is 9.64 Å². The van der Waals surface area contributed by atoms with Crippen molar-refractivity contribution >= 4 is 15.9 Å². The Kier molecular flexibility index (Phi) is 8.74. The zero-order valence-corrected chi connectivity index (χ0v) is 21.4. The van der Waals surface area contributed by atoms with Crippen LogP contribution in [0.2, 0.25) is 0 Å². The van der Waals surface area contributed by atoms with Gasteiger partial charge in [0.05, 0.1) is 10.9 Å². The number of hydrogen-bond acceptors (Lipinski definition) is 5. The maximum Gasteiger partial charge on any atom is 0.260 e. The molecule has 1 heterocycles. The monoisotopic (exact) mass is 507 g/mol. The molecule has 1 saturated heterocycles. The second kappa shape index (κ2) is 12.2. The van der Waals surface area contributed by atoms with Crippen molar-refractivity contribution in [3.63, 3.8) is 0 Å². The van der Waals surface area contributed by atoms with Crippen LogP contribution in [0.4, 0.5) is 0 Å². The topological polar surface area (TPSA) is 78.9 Å². The van der Waals surface area contributed by atoms with Gasteiger partial charge in [0.15, 0.2) is 6.61 Å². The third-order valence-corrected chi connectivity index (χ3v) is 7.78. The maximum atomic E-state index is 12.8. The molecule has 0 saturated carbocycles. The SMILES string of the molecule is CCCNS(=O)(=O)c1ccc(OCC(=O)N2CCN(C(c3ccccc3)c3ccccc3)CC2)cc1. The quantitative estimate of drug-likeness (QED) is 0.453. The first-order valence-corrected chi connectivity index (χ1v) is 13.8. The fraction of sp³-hybridized carbons (Fsp3) is 0.321. The summed E-state index contributed by atoms with van der Waals surface area (Å²) in [5.74, 6) is 0.386. The fourth-order valence-corrected chi connectivity index (χ4v) is 5.52. The van der Waals surface area contributed by atoms with E-state index in [4.69, 9.17) is 4.74 Å². The molecule has 0 spiro atoms. The molecular formula is C28H33N3O4S. The van der Waals surface area contributed by atoms with Crippen LogP contribution < -0.4 is 9.46 Å². The van der Waals surface area contributed by atoms with Crippen LogP contribution in [-0.2, 0) is 14.8 Å². The lowest BCUT2D eigenvalue weighted by atomic mass is 9.96. The Bertz CT molecular complexity index is 1170. The van der Waals surface area contributed by atoms with E-state index in [0.717, 1.165) is 19.5 Å². The van der Waals surface area contributed by atoms with Crippen LogP contribution in [0.3, 0.4) is 0 Å². The third kappa shape index (κ3) is 6.51. The summed E-state index contributed by atoms with van der Waals surface area (Å²) in [6.07, 6.45) is 0.718. The summed E-state index contributed by atoms with van der Waals surface area (Å²) in [7, 11) is -3.53. The van der Waals surface area contributed by atoms with E-state index in [1.54, 1.807) is 12.1 Å². The van der Waals surface area contributed by atoms with Gasteiger partial charge in [-0.3, -0.25) is 9.69 Å². The summed E-state index contributed by atoms with van der Waals surface area (Å²) in [5.41, 5.74) is 2.48. The molecule has 1 N–H and O–H groups in total. The van der Waals surface area contributed by atoms with E-state index in [-0.39, 0.29) is 23.5 Å². The second-order valence-corrected chi connectivity index (χ2v) is 10.6. The number of ether oxygens (including phenoxy) is 1. The number of amides is 1. The molecule has 4 rings (SSSR count). The van der Waals surface area contributed by atoms with E-state index in [1.807, 2.05) is 24.0 Å². The normalized spacial score (nSPS) is 14.7. The number of sulfonamides is 1. The molecule has 3 aromatic carbocycles. The average Bonchev–Trinajstić information content (AvgIpc) is 2.92. The maximum absolute atomic E-state index is 12.8. The molecule has 0 aromatic heterocycles. The van der Waals surface area contributed by atoms with E-state index in [0.29, 0.717) is 25.4 Å². The first-order chi connectivity index (χ1) is 17.5. The lowest BCUT2D eigenvalue weighted by Crippen LogP contribution is -2.51. The molecule has 0 unspecified atom stereocenters. The number of nitrogens with zero attached hydrogens (tertiary/aromatic N) is 2. The average molecular weight is 508 g/mol. The summed E-state index contributed by atoms with van der Waals surface area (Å²) >= 11 is 0. The molecular weight excluding hydrogens is 474 g/mol. The predicted molar refractivity (Wildman–Crippen MR) is 140 cm³/mol. The van der Waals surface area contributed by atoms with Gasteiger partial charge in [0.25, 0.3) is 5.91 Å². The fourth-order valence-electron chi connectivity index (χ4n) is 4.39. The summed E-state index contributed by atoms with van der Waals surface area (Å²) in [5, 5.41) is 0. The van der Waals surface area contributed by atoms with Crippen molar-refractivity contribution in [2.45, 2.75) is 24.3 Å². The van der Waals surface area contributed by atoms with Gasteiger partial charge in [-0.1, -0.05) is 67.6 Å². The van der Waals surface area contributed by atoms with Crippen molar-refractivity contribution in [1.29, 1.82) is 0 Å². The minimum atomic E-state index is -3.53. The number of carbonyl (C=O) groups is 1. The minimum Gasteiger partial charge on any atom is -0.484 e. The van der Waals surface area contributed by atoms with E-state index < -0.39 is 10.0 Å². The van der Waals surface area contributed by atoms with Crippen LogP contribution in [0.15, 0.2) is 89.8 Å². The van der Waals surface area contributed by atoms with Gasteiger partial charge in [0.2, 0.25) is 10.0 Å². The van der Waals surface area contributed by atoms with Crippen molar-refractivity contribution in [2.75, 3.05) is 39.3 Å². The molecule has 36 heavy (non-hydrogen) atoms. The van der Waals surface area contributed by atoms with Crippen molar-refractivity contribution in [3.8, 4) is 5.75 Å². The van der Waals surface area contributed by atoms with Gasteiger partial charge in [-0.2, -0.15) is 0 Å². The highest BCUT2D eigenvalue weighted by molar-refractivity contribution is 7.89. The Labute approximate surface area is 213 Å². The molecule has 8 heteroatoms. The van der Waals surface area contributed by atoms with Crippen LogP contribution >= 0.6 is 0 Å². The molecule has 190 valence electrons. The largest absolute Gasteiger partial charge is 0.484 e. The zero-order chi connectivity index (χ0) is 25.4. The second-order valence-electron chi connectivity index (χ2n) is 8.80. The van der Waals surface area contributed by atoms with Gasteiger partial charge in [-0.05, 0) is 41.8 Å². The van der Waals surface area contributed by atoms with Crippen molar-refractivity contribution in [3.05, 3.63) is 96.1 Å². The summed E-state index contributed by atoms with van der Waals surface area (Å²) in [6, 6.07) is 27.2. The molecule has 7 nitrogen and oxygen atoms in total. The van der Waals surface area contributed by atoms with Crippen molar-refractivity contribution < 1.29 is 17.9 Å². The number of hydrogen-bond donors (Lipinski definition) is 1. The predicted octanol–water partition coefficient (Wildman–Crippen LogP) is 3.69. The van der Waals surface area contributed by atoms with Crippen LogP contribution in [0.5, 0.6) is 5.75 Å². The van der Waals surface area contributed by atoms with Gasteiger partial charge in [-0.15, -0.1) is 0 Å². The number of nitrogens with one attached hydrogen (secondary N) is 1. The van der Waals surface area contributed by atoms with Crippen LogP contribution in [0.1, 0.15) is 30.5 Å². The Morgan fingerprint density at radius 1 is 0.861 bits per heavy atom. The number of carbonyl (C=O) groups excluding carboxylic acids is 1. The number of rotatable bonds is 10. The zero-order valence-electron chi connectivity index (χ0n) is 20.5. The Hall–Kier alpha value is -3.20. The molecule has 3 aromatic rings. The van der Waals surface area contributed by atoms with E-state index in [1.165, 1.54) is 23.3 Å². The first-order valence-electron chi connectivity index (χ1n) is 12.3. The molecule has 1 amide bonds. The Balaban J connectivity index is 1.32. The lowest BCUT2D eigenvalue weighted by Gasteiger charge is -2.39. The molecule has 0 atom stereocenters. The number of benzene rings is 3. The van der Waals surface area contributed by atoms with Gasteiger partial charge >= 0.3 is 0 Å². The highest BCUT2D eigenvalue weighted by atomic mass is 32.2. The minimum absolute atomic E-state index is 0.0769. The van der Waals surface area contributed by atoms with E-state index in [2.05, 4.69) is 58.2 Å². The van der Waals surface area contributed by atoms with Crippen molar-refractivity contribution in [1.82, 2.24) is 14.5 Å². The first kappa shape index (κ1) is 25.9. The Morgan fingerprint density at radius 2 is 1.42 bits per heavy atom. The lowest BCUT2D eigenvalue weighted by molar-refractivity contribution is -0.135. The highest BCUT2D eigenvalue weighted by Gasteiger charge is 2.28.